The topological polar surface area (TPSA) is 44.4 Å². The van der Waals surface area contributed by atoms with Crippen molar-refractivity contribution in [1.29, 1.82) is 0 Å². The van der Waals surface area contributed by atoms with Gasteiger partial charge in [0.25, 0.3) is 0 Å². The number of hydrogen-bond acceptors (Lipinski definition) is 3. The third-order valence-corrected chi connectivity index (χ3v) is 5.27. The lowest BCUT2D eigenvalue weighted by Gasteiger charge is -2.40. The second kappa shape index (κ2) is 7.45. The van der Waals surface area contributed by atoms with Gasteiger partial charge in [0.1, 0.15) is 0 Å². The van der Waals surface area contributed by atoms with Gasteiger partial charge in [-0.05, 0) is 63.4 Å². The SMILES string of the molecule is CCC(=O)N1c2ccccc2[C@H](NCC2CCNCC2)C[C@@H]1C. The predicted octanol–water partition coefficient (Wildman–Crippen LogP) is 2.85. The van der Waals surface area contributed by atoms with Crippen LogP contribution in [-0.2, 0) is 4.79 Å². The number of rotatable bonds is 4. The summed E-state index contributed by atoms with van der Waals surface area (Å²) >= 11 is 0. The third kappa shape index (κ3) is 3.59. The lowest BCUT2D eigenvalue weighted by atomic mass is 9.90. The molecule has 2 atom stereocenters. The fraction of sp³-hybridized carbons (Fsp3) is 0.632. The molecule has 23 heavy (non-hydrogen) atoms. The highest BCUT2D eigenvalue weighted by molar-refractivity contribution is 5.95. The minimum atomic E-state index is 0.224. The van der Waals surface area contributed by atoms with Crippen molar-refractivity contribution >= 4 is 11.6 Å². The van der Waals surface area contributed by atoms with E-state index in [-0.39, 0.29) is 11.9 Å². The van der Waals surface area contributed by atoms with Crippen molar-refractivity contribution < 1.29 is 4.79 Å². The van der Waals surface area contributed by atoms with Gasteiger partial charge in [-0.1, -0.05) is 25.1 Å². The molecule has 0 aliphatic carbocycles. The van der Waals surface area contributed by atoms with E-state index in [1.54, 1.807) is 0 Å². The van der Waals surface area contributed by atoms with E-state index in [2.05, 4.69) is 35.8 Å². The zero-order valence-electron chi connectivity index (χ0n) is 14.3. The van der Waals surface area contributed by atoms with Crippen LogP contribution in [0.25, 0.3) is 0 Å². The summed E-state index contributed by atoms with van der Waals surface area (Å²) in [5, 5.41) is 7.22. The van der Waals surface area contributed by atoms with Crippen LogP contribution in [0, 0.1) is 5.92 Å². The average Bonchev–Trinajstić information content (AvgIpc) is 2.60. The average molecular weight is 315 g/mol. The molecule has 3 rings (SSSR count). The summed E-state index contributed by atoms with van der Waals surface area (Å²) in [6.07, 6.45) is 4.08. The van der Waals surface area contributed by atoms with Gasteiger partial charge >= 0.3 is 0 Å². The lowest BCUT2D eigenvalue weighted by molar-refractivity contribution is -0.118. The van der Waals surface area contributed by atoms with Gasteiger partial charge in [0, 0.05) is 24.2 Å². The van der Waals surface area contributed by atoms with Gasteiger partial charge in [0.15, 0.2) is 0 Å². The fourth-order valence-electron chi connectivity index (χ4n) is 3.95. The second-order valence-electron chi connectivity index (χ2n) is 6.92. The van der Waals surface area contributed by atoms with Gasteiger partial charge in [0.2, 0.25) is 5.91 Å². The summed E-state index contributed by atoms with van der Waals surface area (Å²) in [5.41, 5.74) is 2.38. The van der Waals surface area contributed by atoms with Crippen LogP contribution in [0.4, 0.5) is 5.69 Å². The van der Waals surface area contributed by atoms with E-state index in [0.717, 1.165) is 37.7 Å². The van der Waals surface area contributed by atoms with Gasteiger partial charge in [-0.15, -0.1) is 0 Å². The maximum atomic E-state index is 12.4. The number of nitrogens with zero attached hydrogens (tertiary/aromatic N) is 1. The van der Waals surface area contributed by atoms with E-state index in [9.17, 15) is 4.79 Å². The Hall–Kier alpha value is -1.39. The van der Waals surface area contributed by atoms with E-state index in [4.69, 9.17) is 0 Å². The number of carbonyl (C=O) groups excluding carboxylic acids is 1. The number of hydrogen-bond donors (Lipinski definition) is 2. The maximum absolute atomic E-state index is 12.4. The molecular formula is C19H29N3O. The van der Waals surface area contributed by atoms with Crippen molar-refractivity contribution in [1.82, 2.24) is 10.6 Å². The number of fused-ring (bicyclic) bond motifs is 1. The molecule has 2 heterocycles. The van der Waals surface area contributed by atoms with Crippen LogP contribution in [0.1, 0.15) is 51.1 Å². The molecule has 0 aromatic heterocycles. The third-order valence-electron chi connectivity index (χ3n) is 5.27. The first-order chi connectivity index (χ1) is 11.2. The molecule has 1 fully saturated rings. The normalized spacial score (nSPS) is 25.2. The van der Waals surface area contributed by atoms with Crippen LogP contribution in [-0.4, -0.2) is 31.6 Å². The number of nitrogens with one attached hydrogen (secondary N) is 2. The Morgan fingerprint density at radius 3 is 2.78 bits per heavy atom. The Kier molecular flexibility index (Phi) is 5.34. The Labute approximate surface area is 139 Å². The first kappa shape index (κ1) is 16.5. The summed E-state index contributed by atoms with van der Waals surface area (Å²) in [7, 11) is 0. The maximum Gasteiger partial charge on any atom is 0.226 e. The van der Waals surface area contributed by atoms with Gasteiger partial charge in [-0.25, -0.2) is 0 Å². The summed E-state index contributed by atoms with van der Waals surface area (Å²) in [6.45, 7) is 7.47. The number of amides is 1. The largest absolute Gasteiger partial charge is 0.317 e. The molecular weight excluding hydrogens is 286 g/mol. The van der Waals surface area contributed by atoms with Gasteiger partial charge in [-0.3, -0.25) is 4.79 Å². The minimum Gasteiger partial charge on any atom is -0.317 e. The van der Waals surface area contributed by atoms with E-state index in [0.29, 0.717) is 12.5 Å². The summed E-state index contributed by atoms with van der Waals surface area (Å²) in [4.78, 5) is 14.3. The van der Waals surface area contributed by atoms with Crippen molar-refractivity contribution in [3.05, 3.63) is 29.8 Å². The van der Waals surface area contributed by atoms with Crippen LogP contribution in [0.2, 0.25) is 0 Å². The molecule has 1 amide bonds. The van der Waals surface area contributed by atoms with Crippen LogP contribution < -0.4 is 15.5 Å². The molecule has 0 radical (unpaired) electrons. The van der Waals surface area contributed by atoms with E-state index >= 15 is 0 Å². The highest BCUT2D eigenvalue weighted by Crippen LogP contribution is 2.37. The molecule has 2 N–H and O–H groups in total. The smallest absolute Gasteiger partial charge is 0.226 e. The Balaban J connectivity index is 1.75. The number of benzene rings is 1. The zero-order chi connectivity index (χ0) is 16.2. The van der Waals surface area contributed by atoms with E-state index in [1.807, 2.05) is 17.9 Å². The molecule has 0 saturated carbocycles. The van der Waals surface area contributed by atoms with Crippen LogP contribution in [0.5, 0.6) is 0 Å². The molecule has 2 aliphatic heterocycles. The number of para-hydroxylation sites is 1. The number of piperidine rings is 1. The first-order valence-corrected chi connectivity index (χ1v) is 9.05. The summed E-state index contributed by atoms with van der Waals surface area (Å²) in [6, 6.07) is 9.01. The first-order valence-electron chi connectivity index (χ1n) is 9.05. The summed E-state index contributed by atoms with van der Waals surface area (Å²) < 4.78 is 0. The molecule has 1 saturated heterocycles. The van der Waals surface area contributed by atoms with E-state index < -0.39 is 0 Å². The standard InChI is InChI=1S/C19H29N3O/c1-3-19(23)22-14(2)12-17(16-6-4-5-7-18(16)22)21-13-15-8-10-20-11-9-15/h4-7,14-15,17,20-21H,3,8-13H2,1-2H3/t14-,17+/m0/s1. The molecule has 2 aliphatic rings. The lowest BCUT2D eigenvalue weighted by Crippen LogP contribution is -2.46. The molecule has 126 valence electrons. The fourth-order valence-corrected chi connectivity index (χ4v) is 3.95. The monoisotopic (exact) mass is 315 g/mol. The van der Waals surface area contributed by atoms with Crippen LogP contribution in [0.15, 0.2) is 24.3 Å². The van der Waals surface area contributed by atoms with Crippen LogP contribution in [0.3, 0.4) is 0 Å². The number of carbonyl (C=O) groups is 1. The zero-order valence-corrected chi connectivity index (χ0v) is 14.3. The Morgan fingerprint density at radius 2 is 2.04 bits per heavy atom. The highest BCUT2D eigenvalue weighted by Gasteiger charge is 2.32. The van der Waals surface area contributed by atoms with E-state index in [1.165, 1.54) is 18.4 Å². The minimum absolute atomic E-state index is 0.224. The Morgan fingerprint density at radius 1 is 1.30 bits per heavy atom. The molecule has 1 aromatic carbocycles. The van der Waals surface area contributed by atoms with Crippen molar-refractivity contribution in [2.24, 2.45) is 5.92 Å². The van der Waals surface area contributed by atoms with Crippen LogP contribution >= 0.6 is 0 Å². The predicted molar refractivity (Wildman–Crippen MR) is 94.6 cm³/mol. The Bertz CT molecular complexity index is 539. The molecule has 1 aromatic rings. The number of anilines is 1. The molecule has 0 unspecified atom stereocenters. The second-order valence-corrected chi connectivity index (χ2v) is 6.92. The molecule has 0 bridgehead atoms. The van der Waals surface area contributed by atoms with Crippen molar-refractivity contribution in [3.63, 3.8) is 0 Å². The van der Waals surface area contributed by atoms with Gasteiger partial charge < -0.3 is 15.5 Å². The van der Waals surface area contributed by atoms with Crippen molar-refractivity contribution in [3.8, 4) is 0 Å². The van der Waals surface area contributed by atoms with Gasteiger partial charge in [-0.2, -0.15) is 0 Å². The quantitative estimate of drug-likeness (QED) is 0.898. The van der Waals surface area contributed by atoms with Crippen molar-refractivity contribution in [2.75, 3.05) is 24.5 Å². The summed E-state index contributed by atoms with van der Waals surface area (Å²) in [5.74, 6) is 0.996. The van der Waals surface area contributed by atoms with Crippen molar-refractivity contribution in [2.45, 2.75) is 51.6 Å². The van der Waals surface area contributed by atoms with Gasteiger partial charge in [0.05, 0.1) is 0 Å². The molecule has 4 nitrogen and oxygen atoms in total. The molecule has 0 spiro atoms. The molecule has 4 heteroatoms. The highest BCUT2D eigenvalue weighted by atomic mass is 16.2.